The van der Waals surface area contributed by atoms with Gasteiger partial charge >= 0.3 is 17.9 Å². The first-order valence-electron chi connectivity index (χ1n) is 35.8. The van der Waals surface area contributed by atoms with Crippen LogP contribution in [0.5, 0.6) is 0 Å². The maximum Gasteiger partial charge on any atom is 0.306 e. The molecule has 0 spiro atoms. The largest absolute Gasteiger partial charge is 0.462 e. The van der Waals surface area contributed by atoms with Crippen molar-refractivity contribution in [3.8, 4) is 0 Å². The van der Waals surface area contributed by atoms with Crippen molar-refractivity contribution < 1.29 is 28.6 Å². The van der Waals surface area contributed by atoms with Crippen molar-refractivity contribution in [1.29, 1.82) is 0 Å². The van der Waals surface area contributed by atoms with Crippen molar-refractivity contribution in [3.05, 3.63) is 24.3 Å². The van der Waals surface area contributed by atoms with Crippen molar-refractivity contribution in [2.75, 3.05) is 13.2 Å². The Labute approximate surface area is 493 Å². The molecule has 6 nitrogen and oxygen atoms in total. The molecule has 1 atom stereocenters. The second-order valence-electron chi connectivity index (χ2n) is 24.5. The average Bonchev–Trinajstić information content (AvgIpc) is 3.45. The number of esters is 3. The van der Waals surface area contributed by atoms with E-state index in [-0.39, 0.29) is 31.1 Å². The van der Waals surface area contributed by atoms with Gasteiger partial charge < -0.3 is 14.2 Å². The molecule has 0 rings (SSSR count). The van der Waals surface area contributed by atoms with Crippen LogP contribution >= 0.6 is 0 Å². The van der Waals surface area contributed by atoms with Gasteiger partial charge in [-0.1, -0.05) is 360 Å². The molecule has 1 unspecified atom stereocenters. The van der Waals surface area contributed by atoms with Crippen LogP contribution in [0.4, 0.5) is 0 Å². The molecule has 0 aromatic carbocycles. The lowest BCUT2D eigenvalue weighted by Crippen LogP contribution is -2.30. The molecular formula is C73H138O6. The van der Waals surface area contributed by atoms with Crippen LogP contribution in [0.3, 0.4) is 0 Å². The van der Waals surface area contributed by atoms with Crippen LogP contribution in [0.25, 0.3) is 0 Å². The summed E-state index contributed by atoms with van der Waals surface area (Å²) >= 11 is 0. The van der Waals surface area contributed by atoms with E-state index in [1.54, 1.807) is 0 Å². The molecule has 0 aliphatic heterocycles. The van der Waals surface area contributed by atoms with Gasteiger partial charge in [-0.3, -0.25) is 14.4 Å². The number of carbonyl (C=O) groups excluding carboxylic acids is 3. The number of hydrogen-bond donors (Lipinski definition) is 0. The predicted molar refractivity (Wildman–Crippen MR) is 344 cm³/mol. The minimum Gasteiger partial charge on any atom is -0.462 e. The molecule has 0 radical (unpaired) electrons. The number of carbonyl (C=O) groups is 3. The third kappa shape index (κ3) is 66.6. The summed E-state index contributed by atoms with van der Waals surface area (Å²) in [6.45, 7) is 6.70. The van der Waals surface area contributed by atoms with Gasteiger partial charge in [0.25, 0.3) is 0 Å². The Morgan fingerprint density at radius 2 is 0.456 bits per heavy atom. The molecular weight excluding hydrogens is 973 g/mol. The van der Waals surface area contributed by atoms with E-state index in [1.807, 2.05) is 0 Å². The van der Waals surface area contributed by atoms with Crippen LogP contribution in [-0.4, -0.2) is 37.2 Å². The minimum atomic E-state index is -0.772. The summed E-state index contributed by atoms with van der Waals surface area (Å²) < 4.78 is 17.0. The Bertz CT molecular complexity index is 1270. The Balaban J connectivity index is 4.17. The molecule has 0 aromatic heterocycles. The SMILES string of the molecule is CCCCCC/C=C\C/C=C\CCCCCCCCCC(=O)OC(COC(=O)CCCCCCCCCCCCCCCC)COC(=O)CCCCCCCCCCCCCCCCCCCCCCCCCCCCCCC. The Kier molecular flexibility index (Phi) is 66.6. The summed E-state index contributed by atoms with van der Waals surface area (Å²) in [5.74, 6) is -0.844. The van der Waals surface area contributed by atoms with Gasteiger partial charge in [0.2, 0.25) is 0 Å². The fourth-order valence-corrected chi connectivity index (χ4v) is 11.1. The van der Waals surface area contributed by atoms with Crippen LogP contribution in [0.2, 0.25) is 0 Å². The van der Waals surface area contributed by atoms with Crippen molar-refractivity contribution in [1.82, 2.24) is 0 Å². The summed E-state index contributed by atoms with van der Waals surface area (Å²) in [6.07, 6.45) is 83.6. The van der Waals surface area contributed by atoms with Crippen molar-refractivity contribution in [2.45, 2.75) is 412 Å². The monoisotopic (exact) mass is 1110 g/mol. The van der Waals surface area contributed by atoms with Gasteiger partial charge in [-0.2, -0.15) is 0 Å². The van der Waals surface area contributed by atoms with Gasteiger partial charge in [0.1, 0.15) is 13.2 Å². The second kappa shape index (κ2) is 68.4. The topological polar surface area (TPSA) is 78.9 Å². The zero-order valence-electron chi connectivity index (χ0n) is 53.7. The molecule has 0 saturated carbocycles. The number of allylic oxidation sites excluding steroid dienone is 4. The molecule has 0 amide bonds. The van der Waals surface area contributed by atoms with Crippen molar-refractivity contribution in [2.24, 2.45) is 0 Å². The van der Waals surface area contributed by atoms with E-state index >= 15 is 0 Å². The molecule has 0 bridgehead atoms. The highest BCUT2D eigenvalue weighted by Crippen LogP contribution is 2.19. The first-order valence-corrected chi connectivity index (χ1v) is 35.8. The lowest BCUT2D eigenvalue weighted by Gasteiger charge is -2.18. The third-order valence-electron chi connectivity index (χ3n) is 16.5. The van der Waals surface area contributed by atoms with E-state index in [1.165, 1.54) is 295 Å². The summed E-state index contributed by atoms with van der Waals surface area (Å²) in [7, 11) is 0. The molecule has 79 heavy (non-hydrogen) atoms. The summed E-state index contributed by atoms with van der Waals surface area (Å²) in [4.78, 5) is 38.4. The molecule has 0 saturated heterocycles. The maximum absolute atomic E-state index is 12.9. The number of rotatable bonds is 67. The quantitative estimate of drug-likeness (QED) is 0.0261. The van der Waals surface area contributed by atoms with Gasteiger partial charge in [-0.15, -0.1) is 0 Å². The Morgan fingerprint density at radius 1 is 0.253 bits per heavy atom. The average molecular weight is 1110 g/mol. The van der Waals surface area contributed by atoms with Crippen LogP contribution in [0.15, 0.2) is 24.3 Å². The predicted octanol–water partition coefficient (Wildman–Crippen LogP) is 24.6. The van der Waals surface area contributed by atoms with Gasteiger partial charge in [-0.05, 0) is 51.4 Å². The summed E-state index contributed by atoms with van der Waals surface area (Å²) in [6, 6.07) is 0. The van der Waals surface area contributed by atoms with Crippen molar-refractivity contribution >= 4 is 17.9 Å². The molecule has 466 valence electrons. The van der Waals surface area contributed by atoms with E-state index in [4.69, 9.17) is 14.2 Å². The highest BCUT2D eigenvalue weighted by molar-refractivity contribution is 5.71. The van der Waals surface area contributed by atoms with E-state index in [0.29, 0.717) is 19.3 Å². The van der Waals surface area contributed by atoms with E-state index < -0.39 is 6.10 Å². The zero-order chi connectivity index (χ0) is 57.1. The zero-order valence-corrected chi connectivity index (χ0v) is 53.7. The van der Waals surface area contributed by atoms with E-state index in [9.17, 15) is 14.4 Å². The molecule has 6 heteroatoms. The second-order valence-corrected chi connectivity index (χ2v) is 24.5. The van der Waals surface area contributed by atoms with Crippen LogP contribution < -0.4 is 0 Å². The first kappa shape index (κ1) is 76.9. The molecule has 0 heterocycles. The lowest BCUT2D eigenvalue weighted by atomic mass is 10.0. The smallest absolute Gasteiger partial charge is 0.306 e. The number of ether oxygens (including phenoxy) is 3. The lowest BCUT2D eigenvalue weighted by molar-refractivity contribution is -0.167. The van der Waals surface area contributed by atoms with E-state index in [0.717, 1.165) is 70.6 Å². The molecule has 0 aliphatic carbocycles. The standard InChI is InChI=1S/C73H138O6/c1-4-7-10-13-16-19-22-25-28-30-32-33-34-35-36-37-38-39-40-41-42-44-45-48-51-54-57-60-63-66-72(75)78-69-70(68-77-71(74)65-62-59-56-53-50-47-27-24-21-18-15-12-9-6-3)79-73(76)67-64-61-58-55-52-49-46-43-31-29-26-23-20-17-14-11-8-5-2/h20,23,29,31,70H,4-19,21-22,24-28,30,32-69H2,1-3H3/b23-20-,31-29-. The first-order chi connectivity index (χ1) is 39.0. The molecule has 0 N–H and O–H groups in total. The highest BCUT2D eigenvalue weighted by atomic mass is 16.6. The van der Waals surface area contributed by atoms with E-state index in [2.05, 4.69) is 45.1 Å². The number of unbranched alkanes of at least 4 members (excludes halogenated alkanes) is 52. The van der Waals surface area contributed by atoms with Gasteiger partial charge in [0.15, 0.2) is 6.10 Å². The third-order valence-corrected chi connectivity index (χ3v) is 16.5. The highest BCUT2D eigenvalue weighted by Gasteiger charge is 2.19. The molecule has 0 aromatic rings. The summed E-state index contributed by atoms with van der Waals surface area (Å²) in [5, 5.41) is 0. The van der Waals surface area contributed by atoms with Gasteiger partial charge in [-0.25, -0.2) is 0 Å². The van der Waals surface area contributed by atoms with Crippen LogP contribution in [0, 0.1) is 0 Å². The molecule has 0 aliphatic rings. The van der Waals surface area contributed by atoms with Crippen molar-refractivity contribution in [3.63, 3.8) is 0 Å². The number of hydrogen-bond acceptors (Lipinski definition) is 6. The summed E-state index contributed by atoms with van der Waals surface area (Å²) in [5.41, 5.74) is 0. The fraction of sp³-hybridized carbons (Fsp3) is 0.904. The van der Waals surface area contributed by atoms with Gasteiger partial charge in [0, 0.05) is 19.3 Å². The Hall–Kier alpha value is -2.11. The van der Waals surface area contributed by atoms with Crippen LogP contribution in [-0.2, 0) is 28.6 Å². The minimum absolute atomic E-state index is 0.0682. The Morgan fingerprint density at radius 3 is 0.709 bits per heavy atom. The molecule has 0 fully saturated rings. The fourth-order valence-electron chi connectivity index (χ4n) is 11.1. The normalized spacial score (nSPS) is 12.1. The maximum atomic E-state index is 12.9. The van der Waals surface area contributed by atoms with Gasteiger partial charge in [0.05, 0.1) is 0 Å². The van der Waals surface area contributed by atoms with Crippen LogP contribution in [0.1, 0.15) is 406 Å².